The van der Waals surface area contributed by atoms with Crippen molar-refractivity contribution in [3.8, 4) is 22.8 Å². The second kappa shape index (κ2) is 9.77. The van der Waals surface area contributed by atoms with Gasteiger partial charge >= 0.3 is 0 Å². The van der Waals surface area contributed by atoms with Crippen molar-refractivity contribution in [2.24, 2.45) is 0 Å². The SMILES string of the molecule is Cc1ccc(-n2c(SCCOc3ccccc3Cl)nnc2-c2ccc(Cl)cc2)cc1C. The molecule has 7 heteroatoms. The summed E-state index contributed by atoms with van der Waals surface area (Å²) in [5, 5.41) is 11.0. The maximum Gasteiger partial charge on any atom is 0.196 e. The monoisotopic (exact) mass is 469 g/mol. The largest absolute Gasteiger partial charge is 0.491 e. The highest BCUT2D eigenvalue weighted by Gasteiger charge is 2.17. The quantitative estimate of drug-likeness (QED) is 0.215. The number of hydrogen-bond acceptors (Lipinski definition) is 4. The molecule has 0 saturated heterocycles. The van der Waals surface area contributed by atoms with Crippen LogP contribution in [0.1, 0.15) is 11.1 Å². The fraction of sp³-hybridized carbons (Fsp3) is 0.167. The molecule has 0 saturated carbocycles. The normalized spacial score (nSPS) is 11.0. The molecular formula is C24H21Cl2N3OS. The van der Waals surface area contributed by atoms with E-state index in [1.807, 2.05) is 48.5 Å². The van der Waals surface area contributed by atoms with Gasteiger partial charge in [0.15, 0.2) is 11.0 Å². The molecule has 0 spiro atoms. The van der Waals surface area contributed by atoms with Crippen molar-refractivity contribution in [1.82, 2.24) is 14.8 Å². The Hall–Kier alpha value is -2.47. The lowest BCUT2D eigenvalue weighted by Crippen LogP contribution is -2.04. The van der Waals surface area contributed by atoms with E-state index in [2.05, 4.69) is 46.8 Å². The third kappa shape index (κ3) is 5.06. The zero-order chi connectivity index (χ0) is 21.8. The van der Waals surface area contributed by atoms with Crippen LogP contribution in [-0.2, 0) is 0 Å². The van der Waals surface area contributed by atoms with E-state index in [9.17, 15) is 0 Å². The molecule has 0 amide bonds. The van der Waals surface area contributed by atoms with Crippen molar-refractivity contribution in [2.75, 3.05) is 12.4 Å². The van der Waals surface area contributed by atoms with Gasteiger partial charge in [0.25, 0.3) is 0 Å². The maximum atomic E-state index is 6.17. The van der Waals surface area contributed by atoms with Gasteiger partial charge in [-0.2, -0.15) is 0 Å². The molecule has 1 heterocycles. The van der Waals surface area contributed by atoms with Gasteiger partial charge in [-0.15, -0.1) is 10.2 Å². The molecule has 3 aromatic carbocycles. The Bertz CT molecular complexity index is 1190. The van der Waals surface area contributed by atoms with E-state index in [-0.39, 0.29) is 0 Å². The van der Waals surface area contributed by atoms with Gasteiger partial charge in [-0.05, 0) is 73.5 Å². The van der Waals surface area contributed by atoms with Crippen LogP contribution in [-0.4, -0.2) is 27.1 Å². The van der Waals surface area contributed by atoms with Crippen molar-refractivity contribution in [2.45, 2.75) is 19.0 Å². The lowest BCUT2D eigenvalue weighted by molar-refractivity contribution is 0.344. The number of thioether (sulfide) groups is 1. The molecule has 1 aromatic heterocycles. The number of nitrogens with zero attached hydrogens (tertiary/aromatic N) is 3. The summed E-state index contributed by atoms with van der Waals surface area (Å²) < 4.78 is 7.90. The van der Waals surface area contributed by atoms with Gasteiger partial charge in [-0.3, -0.25) is 4.57 Å². The van der Waals surface area contributed by atoms with Gasteiger partial charge in [0.05, 0.1) is 17.3 Å². The molecule has 4 nitrogen and oxygen atoms in total. The van der Waals surface area contributed by atoms with Gasteiger partial charge < -0.3 is 4.74 Å². The molecule has 0 aliphatic carbocycles. The highest BCUT2D eigenvalue weighted by Crippen LogP contribution is 2.30. The summed E-state index contributed by atoms with van der Waals surface area (Å²) in [6, 6.07) is 21.5. The van der Waals surface area contributed by atoms with Crippen LogP contribution in [0.25, 0.3) is 17.1 Å². The predicted molar refractivity (Wildman–Crippen MR) is 129 cm³/mol. The van der Waals surface area contributed by atoms with Crippen LogP contribution in [0, 0.1) is 13.8 Å². The molecule has 0 N–H and O–H groups in total. The molecule has 0 aliphatic heterocycles. The second-order valence-electron chi connectivity index (χ2n) is 7.04. The molecule has 158 valence electrons. The minimum atomic E-state index is 0.504. The Labute approximate surface area is 196 Å². The van der Waals surface area contributed by atoms with Gasteiger partial charge in [-0.1, -0.05) is 53.2 Å². The molecular weight excluding hydrogens is 449 g/mol. The van der Waals surface area contributed by atoms with E-state index >= 15 is 0 Å². The van der Waals surface area contributed by atoms with Gasteiger partial charge in [0, 0.05) is 16.3 Å². The number of aryl methyl sites for hydroxylation is 2. The molecule has 0 fully saturated rings. The topological polar surface area (TPSA) is 39.9 Å². The Balaban J connectivity index is 1.60. The first-order valence-electron chi connectivity index (χ1n) is 9.82. The van der Waals surface area contributed by atoms with Crippen molar-refractivity contribution in [1.29, 1.82) is 0 Å². The molecule has 0 bridgehead atoms. The third-order valence-electron chi connectivity index (χ3n) is 4.89. The summed E-state index contributed by atoms with van der Waals surface area (Å²) in [6.07, 6.45) is 0. The van der Waals surface area contributed by atoms with Gasteiger partial charge in [-0.25, -0.2) is 0 Å². The van der Waals surface area contributed by atoms with Crippen molar-refractivity contribution >= 4 is 35.0 Å². The molecule has 0 atom stereocenters. The lowest BCUT2D eigenvalue weighted by atomic mass is 10.1. The van der Waals surface area contributed by atoms with Crippen LogP contribution < -0.4 is 4.74 Å². The Morgan fingerprint density at radius 3 is 2.42 bits per heavy atom. The number of aromatic nitrogens is 3. The van der Waals surface area contributed by atoms with Gasteiger partial charge in [0.2, 0.25) is 0 Å². The molecule has 4 rings (SSSR count). The number of rotatable bonds is 7. The van der Waals surface area contributed by atoms with E-state index in [1.165, 1.54) is 11.1 Å². The number of halogens is 2. The van der Waals surface area contributed by atoms with E-state index in [1.54, 1.807) is 11.8 Å². The maximum absolute atomic E-state index is 6.17. The first-order valence-corrected chi connectivity index (χ1v) is 11.6. The van der Waals surface area contributed by atoms with Crippen LogP contribution >= 0.6 is 35.0 Å². The molecule has 0 aliphatic rings. The van der Waals surface area contributed by atoms with Crippen molar-refractivity contribution in [3.63, 3.8) is 0 Å². The van der Waals surface area contributed by atoms with Crippen LogP contribution in [0.15, 0.2) is 71.9 Å². The first kappa shape index (κ1) is 21.8. The molecule has 31 heavy (non-hydrogen) atoms. The summed E-state index contributed by atoms with van der Waals surface area (Å²) >= 11 is 13.8. The predicted octanol–water partition coefficient (Wildman–Crippen LogP) is 7.03. The van der Waals surface area contributed by atoms with E-state index in [0.717, 1.165) is 22.2 Å². The summed E-state index contributed by atoms with van der Waals surface area (Å²) in [6.45, 7) is 4.72. The molecule has 0 radical (unpaired) electrons. The molecule has 0 unspecified atom stereocenters. The van der Waals surface area contributed by atoms with Gasteiger partial charge in [0.1, 0.15) is 5.75 Å². The Morgan fingerprint density at radius 1 is 0.903 bits per heavy atom. The summed E-state index contributed by atoms with van der Waals surface area (Å²) in [5.74, 6) is 2.16. The smallest absolute Gasteiger partial charge is 0.196 e. The van der Waals surface area contributed by atoms with E-state index in [4.69, 9.17) is 27.9 Å². The third-order valence-corrected chi connectivity index (χ3v) is 6.35. The van der Waals surface area contributed by atoms with Crippen LogP contribution in [0.2, 0.25) is 10.0 Å². The lowest BCUT2D eigenvalue weighted by Gasteiger charge is -2.13. The fourth-order valence-corrected chi connectivity index (χ4v) is 4.18. The average Bonchev–Trinajstić information content (AvgIpc) is 3.19. The minimum Gasteiger partial charge on any atom is -0.491 e. The number of hydrogen-bond donors (Lipinski definition) is 0. The zero-order valence-electron chi connectivity index (χ0n) is 17.2. The van der Waals surface area contributed by atoms with Crippen LogP contribution in [0.3, 0.4) is 0 Å². The Kier molecular flexibility index (Phi) is 6.86. The summed E-state index contributed by atoms with van der Waals surface area (Å²) in [7, 11) is 0. The number of benzene rings is 3. The fourth-order valence-electron chi connectivity index (χ4n) is 3.09. The van der Waals surface area contributed by atoms with Crippen LogP contribution in [0.4, 0.5) is 0 Å². The van der Waals surface area contributed by atoms with Crippen molar-refractivity contribution in [3.05, 3.63) is 87.9 Å². The average molecular weight is 470 g/mol. The highest BCUT2D eigenvalue weighted by atomic mass is 35.5. The number of para-hydroxylation sites is 1. The second-order valence-corrected chi connectivity index (χ2v) is 8.95. The number of ether oxygens (including phenoxy) is 1. The van der Waals surface area contributed by atoms with E-state index < -0.39 is 0 Å². The zero-order valence-corrected chi connectivity index (χ0v) is 19.5. The standard InChI is InChI=1S/C24H21Cl2N3OS/c1-16-7-12-20(15-17(16)2)29-23(18-8-10-19(25)11-9-18)27-28-24(29)31-14-13-30-22-6-4-3-5-21(22)26/h3-12,15H,13-14H2,1-2H3. The Morgan fingerprint density at radius 2 is 1.68 bits per heavy atom. The minimum absolute atomic E-state index is 0.504. The highest BCUT2D eigenvalue weighted by molar-refractivity contribution is 7.99. The van der Waals surface area contributed by atoms with Crippen LogP contribution in [0.5, 0.6) is 5.75 Å². The molecule has 4 aromatic rings. The van der Waals surface area contributed by atoms with E-state index in [0.29, 0.717) is 28.2 Å². The summed E-state index contributed by atoms with van der Waals surface area (Å²) in [5.41, 5.74) is 4.43. The van der Waals surface area contributed by atoms with Crippen molar-refractivity contribution < 1.29 is 4.74 Å². The first-order chi connectivity index (χ1) is 15.0. The summed E-state index contributed by atoms with van der Waals surface area (Å²) in [4.78, 5) is 0.